The van der Waals surface area contributed by atoms with E-state index in [2.05, 4.69) is 0 Å². The van der Waals surface area contributed by atoms with Crippen LogP contribution in [0.1, 0.15) is 0 Å². The smallest absolute Gasteiger partial charge is 0.123 e. The molecule has 15 heavy (non-hydrogen) atoms. The summed E-state index contributed by atoms with van der Waals surface area (Å²) in [5, 5.41) is 20.7. The molecular formula is C12H13NO2. The maximum atomic E-state index is 9.67. The van der Waals surface area contributed by atoms with Crippen LogP contribution in [-0.2, 0) is 0 Å². The topological polar surface area (TPSA) is 43.7 Å². The first kappa shape index (κ1) is 9.65. The standard InChI is InChI=1S/C12H13NO2/c1-13(2)11-5-6-12(15)9-4-3-8(14)7-10(9)11/h3-7,14-15H,1-2H3. The molecule has 0 aliphatic rings. The minimum absolute atomic E-state index is 0.205. The average Bonchev–Trinajstić information content (AvgIpc) is 2.17. The molecule has 0 aromatic heterocycles. The number of nitrogens with zero attached hydrogens (tertiary/aromatic N) is 1. The van der Waals surface area contributed by atoms with Crippen LogP contribution in [0.25, 0.3) is 10.8 Å². The summed E-state index contributed by atoms with van der Waals surface area (Å²) in [7, 11) is 3.85. The summed E-state index contributed by atoms with van der Waals surface area (Å²) in [6, 6.07) is 8.44. The van der Waals surface area contributed by atoms with Crippen molar-refractivity contribution in [3.05, 3.63) is 30.3 Å². The Morgan fingerprint density at radius 3 is 2.33 bits per heavy atom. The van der Waals surface area contributed by atoms with Gasteiger partial charge in [0, 0.05) is 30.6 Å². The molecule has 0 bridgehead atoms. The summed E-state index contributed by atoms with van der Waals surface area (Å²) in [4.78, 5) is 1.95. The Hall–Kier alpha value is -1.90. The number of hydrogen-bond donors (Lipinski definition) is 2. The number of phenolic OH excluding ortho intramolecular Hbond substituents is 2. The van der Waals surface area contributed by atoms with Crippen LogP contribution in [-0.4, -0.2) is 24.3 Å². The molecule has 0 aliphatic heterocycles. The summed E-state index contributed by atoms with van der Waals surface area (Å²) in [5.41, 5.74) is 0.971. The summed E-state index contributed by atoms with van der Waals surface area (Å²) in [6.07, 6.45) is 0. The molecule has 2 N–H and O–H groups in total. The van der Waals surface area contributed by atoms with E-state index in [0.29, 0.717) is 0 Å². The molecule has 78 valence electrons. The van der Waals surface area contributed by atoms with Gasteiger partial charge in [-0.05, 0) is 30.3 Å². The van der Waals surface area contributed by atoms with Crippen LogP contribution in [0.3, 0.4) is 0 Å². The Morgan fingerprint density at radius 2 is 1.67 bits per heavy atom. The van der Waals surface area contributed by atoms with E-state index >= 15 is 0 Å². The Bertz CT molecular complexity index is 506. The zero-order valence-corrected chi connectivity index (χ0v) is 8.73. The van der Waals surface area contributed by atoms with E-state index in [9.17, 15) is 10.2 Å². The molecule has 0 saturated heterocycles. The van der Waals surface area contributed by atoms with Gasteiger partial charge in [0.15, 0.2) is 0 Å². The van der Waals surface area contributed by atoms with Gasteiger partial charge >= 0.3 is 0 Å². The van der Waals surface area contributed by atoms with Crippen molar-refractivity contribution in [2.75, 3.05) is 19.0 Å². The molecule has 0 atom stereocenters. The Morgan fingerprint density at radius 1 is 0.933 bits per heavy atom. The SMILES string of the molecule is CN(C)c1ccc(O)c2ccc(O)cc12. The summed E-state index contributed by atoms with van der Waals surface area (Å²) < 4.78 is 0. The van der Waals surface area contributed by atoms with Crippen LogP contribution in [0.4, 0.5) is 5.69 Å². The highest BCUT2D eigenvalue weighted by atomic mass is 16.3. The van der Waals surface area contributed by atoms with E-state index < -0.39 is 0 Å². The molecule has 0 unspecified atom stereocenters. The minimum atomic E-state index is 0.205. The lowest BCUT2D eigenvalue weighted by Gasteiger charge is -2.16. The number of benzene rings is 2. The minimum Gasteiger partial charge on any atom is -0.508 e. The van der Waals surface area contributed by atoms with Crippen LogP contribution >= 0.6 is 0 Å². The van der Waals surface area contributed by atoms with Gasteiger partial charge in [-0.15, -0.1) is 0 Å². The number of phenols is 2. The molecule has 0 amide bonds. The number of aromatic hydroxyl groups is 2. The van der Waals surface area contributed by atoms with Gasteiger partial charge in [0.25, 0.3) is 0 Å². The Kier molecular flexibility index (Phi) is 2.15. The summed E-state index contributed by atoms with van der Waals surface area (Å²) >= 11 is 0. The zero-order chi connectivity index (χ0) is 11.0. The van der Waals surface area contributed by atoms with Gasteiger partial charge in [0.2, 0.25) is 0 Å². The van der Waals surface area contributed by atoms with Crippen molar-refractivity contribution in [1.29, 1.82) is 0 Å². The third kappa shape index (κ3) is 1.56. The first-order valence-corrected chi connectivity index (χ1v) is 4.71. The van der Waals surface area contributed by atoms with Crippen molar-refractivity contribution < 1.29 is 10.2 Å². The molecule has 2 aromatic rings. The highest BCUT2D eigenvalue weighted by Gasteiger charge is 2.07. The maximum Gasteiger partial charge on any atom is 0.123 e. The number of hydrogen-bond acceptors (Lipinski definition) is 3. The van der Waals surface area contributed by atoms with Gasteiger partial charge in [-0.1, -0.05) is 0 Å². The average molecular weight is 203 g/mol. The van der Waals surface area contributed by atoms with Crippen molar-refractivity contribution in [2.24, 2.45) is 0 Å². The van der Waals surface area contributed by atoms with Crippen LogP contribution < -0.4 is 4.90 Å². The highest BCUT2D eigenvalue weighted by molar-refractivity contribution is 5.98. The number of fused-ring (bicyclic) bond motifs is 1. The van der Waals surface area contributed by atoms with Crippen molar-refractivity contribution in [3.8, 4) is 11.5 Å². The fraction of sp³-hybridized carbons (Fsp3) is 0.167. The van der Waals surface area contributed by atoms with Crippen LogP contribution in [0.2, 0.25) is 0 Å². The van der Waals surface area contributed by atoms with Gasteiger partial charge in [0.1, 0.15) is 11.5 Å². The van der Waals surface area contributed by atoms with Gasteiger partial charge in [-0.25, -0.2) is 0 Å². The van der Waals surface area contributed by atoms with Crippen molar-refractivity contribution in [1.82, 2.24) is 0 Å². The molecule has 3 nitrogen and oxygen atoms in total. The van der Waals surface area contributed by atoms with Gasteiger partial charge in [-0.3, -0.25) is 0 Å². The normalized spacial score (nSPS) is 10.5. The fourth-order valence-electron chi connectivity index (χ4n) is 1.69. The number of anilines is 1. The molecule has 3 heteroatoms. The summed E-state index contributed by atoms with van der Waals surface area (Å²) in [6.45, 7) is 0. The van der Waals surface area contributed by atoms with E-state index in [4.69, 9.17) is 0 Å². The van der Waals surface area contributed by atoms with Crippen LogP contribution in [0.15, 0.2) is 30.3 Å². The van der Waals surface area contributed by atoms with E-state index in [1.54, 1.807) is 24.3 Å². The third-order valence-electron chi connectivity index (χ3n) is 2.44. The molecular weight excluding hydrogens is 190 g/mol. The largest absolute Gasteiger partial charge is 0.508 e. The Balaban J connectivity index is 2.84. The second kappa shape index (κ2) is 3.35. The lowest BCUT2D eigenvalue weighted by Crippen LogP contribution is -2.08. The van der Waals surface area contributed by atoms with E-state index in [-0.39, 0.29) is 11.5 Å². The molecule has 0 aliphatic carbocycles. The predicted octanol–water partition coefficient (Wildman–Crippen LogP) is 2.32. The summed E-state index contributed by atoms with van der Waals surface area (Å²) in [5.74, 6) is 0.437. The lowest BCUT2D eigenvalue weighted by molar-refractivity contribution is 0.475. The quantitative estimate of drug-likeness (QED) is 0.747. The lowest BCUT2D eigenvalue weighted by atomic mass is 10.1. The van der Waals surface area contributed by atoms with Gasteiger partial charge < -0.3 is 15.1 Å². The van der Waals surface area contributed by atoms with Crippen molar-refractivity contribution in [3.63, 3.8) is 0 Å². The van der Waals surface area contributed by atoms with Crippen molar-refractivity contribution in [2.45, 2.75) is 0 Å². The van der Waals surface area contributed by atoms with E-state index in [1.807, 2.05) is 25.1 Å². The molecule has 2 aromatic carbocycles. The highest BCUT2D eigenvalue weighted by Crippen LogP contribution is 2.34. The molecule has 2 rings (SSSR count). The Labute approximate surface area is 88.2 Å². The molecule has 0 fully saturated rings. The second-order valence-corrected chi connectivity index (χ2v) is 3.73. The zero-order valence-electron chi connectivity index (χ0n) is 8.73. The number of rotatable bonds is 1. The first-order valence-electron chi connectivity index (χ1n) is 4.71. The third-order valence-corrected chi connectivity index (χ3v) is 2.44. The van der Waals surface area contributed by atoms with E-state index in [1.165, 1.54) is 0 Å². The van der Waals surface area contributed by atoms with Gasteiger partial charge in [0.05, 0.1) is 0 Å². The first-order chi connectivity index (χ1) is 7.09. The molecule has 0 spiro atoms. The van der Waals surface area contributed by atoms with Crippen LogP contribution in [0.5, 0.6) is 11.5 Å². The van der Waals surface area contributed by atoms with Crippen molar-refractivity contribution >= 4 is 16.5 Å². The van der Waals surface area contributed by atoms with Crippen LogP contribution in [0, 0.1) is 0 Å². The molecule has 0 heterocycles. The predicted molar refractivity (Wildman–Crippen MR) is 61.6 cm³/mol. The van der Waals surface area contributed by atoms with Gasteiger partial charge in [-0.2, -0.15) is 0 Å². The molecule has 0 saturated carbocycles. The maximum absolute atomic E-state index is 9.67. The second-order valence-electron chi connectivity index (χ2n) is 3.73. The monoisotopic (exact) mass is 203 g/mol. The van der Waals surface area contributed by atoms with E-state index in [0.717, 1.165) is 16.5 Å². The molecule has 0 radical (unpaired) electrons. The fourth-order valence-corrected chi connectivity index (χ4v) is 1.69.